The molecule has 7 heteroatoms. The molecule has 0 aliphatic rings. The van der Waals surface area contributed by atoms with E-state index in [0.29, 0.717) is 23.4 Å². The Kier molecular flexibility index (Phi) is 5.94. The molecule has 0 aliphatic carbocycles. The Morgan fingerprint density at radius 3 is 2.07 bits per heavy atom. The van der Waals surface area contributed by atoms with Crippen LogP contribution in [0.5, 0.6) is 0 Å². The third-order valence-corrected chi connectivity index (χ3v) is 5.47. The summed E-state index contributed by atoms with van der Waals surface area (Å²) in [5, 5.41) is 10.1. The Bertz CT molecular complexity index is 1010. The molecule has 0 saturated carbocycles. The van der Waals surface area contributed by atoms with Crippen LogP contribution in [0.1, 0.15) is 39.0 Å². The van der Waals surface area contributed by atoms with Gasteiger partial charge in [0.15, 0.2) is 0 Å². The summed E-state index contributed by atoms with van der Waals surface area (Å²) in [6.45, 7) is 6.36. The van der Waals surface area contributed by atoms with E-state index in [-0.39, 0.29) is 11.8 Å². The molecule has 0 saturated heterocycles. The number of rotatable bonds is 5. The minimum Gasteiger partial charge on any atom is -0.352 e. The molecule has 28 heavy (non-hydrogen) atoms. The second kappa shape index (κ2) is 8.39. The maximum absolute atomic E-state index is 12.5. The summed E-state index contributed by atoms with van der Waals surface area (Å²) in [4.78, 5) is 24.3. The van der Waals surface area contributed by atoms with Gasteiger partial charge < -0.3 is 10.6 Å². The normalized spacial score (nSPS) is 10.6. The average molecular weight is 441 g/mol. The SMILES string of the molecule is CCNC(=O)c1ccc(NC(=O)c2ccc(-n3nc(C)c(Br)c3C)cc2)cc1. The Hall–Kier alpha value is -2.93. The van der Waals surface area contributed by atoms with E-state index < -0.39 is 0 Å². The lowest BCUT2D eigenvalue weighted by Gasteiger charge is -2.08. The molecule has 3 aromatic rings. The number of carbonyl (C=O) groups is 2. The predicted octanol–water partition coefficient (Wildman–Crippen LogP) is 4.25. The first-order valence-corrected chi connectivity index (χ1v) is 9.71. The molecule has 1 heterocycles. The zero-order valence-electron chi connectivity index (χ0n) is 15.9. The van der Waals surface area contributed by atoms with Crippen LogP contribution in [0.4, 0.5) is 5.69 Å². The summed E-state index contributed by atoms with van der Waals surface area (Å²) in [5.74, 6) is -0.349. The molecule has 2 N–H and O–H groups in total. The van der Waals surface area contributed by atoms with Crippen LogP contribution in [0, 0.1) is 13.8 Å². The molecule has 2 amide bonds. The summed E-state index contributed by atoms with van der Waals surface area (Å²) >= 11 is 3.52. The first-order chi connectivity index (χ1) is 13.4. The van der Waals surface area contributed by atoms with Crippen molar-refractivity contribution < 1.29 is 9.59 Å². The molecule has 3 rings (SSSR count). The molecular weight excluding hydrogens is 420 g/mol. The fourth-order valence-corrected chi connectivity index (χ4v) is 3.05. The van der Waals surface area contributed by atoms with Crippen LogP contribution in [0.25, 0.3) is 5.69 Å². The van der Waals surface area contributed by atoms with Crippen LogP contribution in [0.2, 0.25) is 0 Å². The first kappa shape index (κ1) is 19.8. The second-order valence-electron chi connectivity index (χ2n) is 6.33. The molecular formula is C21H21BrN4O2. The molecule has 0 unspecified atom stereocenters. The Balaban J connectivity index is 1.71. The molecule has 6 nitrogen and oxygen atoms in total. The molecule has 2 aromatic carbocycles. The van der Waals surface area contributed by atoms with Crippen molar-refractivity contribution in [3.63, 3.8) is 0 Å². The Morgan fingerprint density at radius 1 is 0.964 bits per heavy atom. The topological polar surface area (TPSA) is 76.0 Å². The number of anilines is 1. The number of amides is 2. The number of hydrogen-bond donors (Lipinski definition) is 2. The van der Waals surface area contributed by atoms with Gasteiger partial charge in [0.1, 0.15) is 0 Å². The highest BCUT2D eigenvalue weighted by molar-refractivity contribution is 9.10. The van der Waals surface area contributed by atoms with E-state index in [2.05, 4.69) is 31.7 Å². The number of hydrogen-bond acceptors (Lipinski definition) is 3. The van der Waals surface area contributed by atoms with Crippen LogP contribution < -0.4 is 10.6 Å². The number of aromatic nitrogens is 2. The molecule has 0 radical (unpaired) electrons. The molecule has 0 bridgehead atoms. The number of benzene rings is 2. The smallest absolute Gasteiger partial charge is 0.255 e. The lowest BCUT2D eigenvalue weighted by atomic mass is 10.1. The van der Waals surface area contributed by atoms with Crippen molar-refractivity contribution in [2.45, 2.75) is 20.8 Å². The zero-order chi connectivity index (χ0) is 20.3. The van der Waals surface area contributed by atoms with Gasteiger partial charge in [0, 0.05) is 23.4 Å². The average Bonchev–Trinajstić information content (AvgIpc) is 2.96. The van der Waals surface area contributed by atoms with Crippen molar-refractivity contribution in [1.29, 1.82) is 0 Å². The highest BCUT2D eigenvalue weighted by Gasteiger charge is 2.12. The fraction of sp³-hybridized carbons (Fsp3) is 0.190. The van der Waals surface area contributed by atoms with E-state index in [1.54, 1.807) is 36.4 Å². The van der Waals surface area contributed by atoms with Crippen molar-refractivity contribution in [2.75, 3.05) is 11.9 Å². The van der Waals surface area contributed by atoms with Gasteiger partial charge >= 0.3 is 0 Å². The van der Waals surface area contributed by atoms with E-state index in [1.165, 1.54) is 0 Å². The van der Waals surface area contributed by atoms with Crippen LogP contribution in [-0.4, -0.2) is 28.1 Å². The van der Waals surface area contributed by atoms with Crippen molar-refractivity contribution in [2.24, 2.45) is 0 Å². The maximum atomic E-state index is 12.5. The standard InChI is InChI=1S/C21H21BrN4O2/c1-4-23-20(27)15-5-9-17(10-6-15)24-21(28)16-7-11-18(12-8-16)26-14(3)19(22)13(2)25-26/h5-12H,4H2,1-3H3,(H,23,27)(H,24,28). The van der Waals surface area contributed by atoms with Crippen molar-refractivity contribution in [1.82, 2.24) is 15.1 Å². The van der Waals surface area contributed by atoms with Crippen LogP contribution in [0.3, 0.4) is 0 Å². The van der Waals surface area contributed by atoms with Gasteiger partial charge in [0.25, 0.3) is 11.8 Å². The molecule has 0 atom stereocenters. The number of aryl methyl sites for hydroxylation is 1. The fourth-order valence-electron chi connectivity index (χ4n) is 2.80. The maximum Gasteiger partial charge on any atom is 0.255 e. The summed E-state index contributed by atoms with van der Waals surface area (Å²) in [6, 6.07) is 14.0. The summed E-state index contributed by atoms with van der Waals surface area (Å²) in [5.41, 5.74) is 4.52. The molecule has 1 aromatic heterocycles. The van der Waals surface area contributed by atoms with Crippen molar-refractivity contribution >= 4 is 33.4 Å². The van der Waals surface area contributed by atoms with Crippen LogP contribution in [0.15, 0.2) is 53.0 Å². The monoisotopic (exact) mass is 440 g/mol. The highest BCUT2D eigenvalue weighted by atomic mass is 79.9. The quantitative estimate of drug-likeness (QED) is 0.622. The number of carbonyl (C=O) groups excluding carboxylic acids is 2. The lowest BCUT2D eigenvalue weighted by molar-refractivity contribution is 0.0955. The predicted molar refractivity (Wildman–Crippen MR) is 113 cm³/mol. The summed E-state index contributed by atoms with van der Waals surface area (Å²) in [7, 11) is 0. The zero-order valence-corrected chi connectivity index (χ0v) is 17.5. The van der Waals surface area contributed by atoms with Gasteiger partial charge in [-0.2, -0.15) is 5.10 Å². The van der Waals surface area contributed by atoms with Gasteiger partial charge in [-0.1, -0.05) is 0 Å². The molecule has 0 spiro atoms. The van der Waals surface area contributed by atoms with Crippen molar-refractivity contribution in [3.05, 3.63) is 75.5 Å². The van der Waals surface area contributed by atoms with E-state index in [1.807, 2.05) is 37.6 Å². The van der Waals surface area contributed by atoms with Gasteiger partial charge in [-0.15, -0.1) is 0 Å². The Morgan fingerprint density at radius 2 is 1.54 bits per heavy atom. The largest absolute Gasteiger partial charge is 0.352 e. The third kappa shape index (κ3) is 4.14. The lowest BCUT2D eigenvalue weighted by Crippen LogP contribution is -2.22. The summed E-state index contributed by atoms with van der Waals surface area (Å²) in [6.07, 6.45) is 0. The molecule has 144 valence electrons. The van der Waals surface area contributed by atoms with E-state index in [0.717, 1.165) is 21.5 Å². The van der Waals surface area contributed by atoms with Gasteiger partial charge in [-0.05, 0) is 85.2 Å². The molecule has 0 fully saturated rings. The minimum absolute atomic E-state index is 0.133. The van der Waals surface area contributed by atoms with Crippen LogP contribution >= 0.6 is 15.9 Å². The van der Waals surface area contributed by atoms with E-state index in [9.17, 15) is 9.59 Å². The first-order valence-electron chi connectivity index (χ1n) is 8.92. The Labute approximate surface area is 172 Å². The van der Waals surface area contributed by atoms with Gasteiger partial charge in [0.05, 0.1) is 21.5 Å². The summed E-state index contributed by atoms with van der Waals surface area (Å²) < 4.78 is 2.81. The number of nitrogens with zero attached hydrogens (tertiary/aromatic N) is 2. The highest BCUT2D eigenvalue weighted by Crippen LogP contribution is 2.23. The van der Waals surface area contributed by atoms with E-state index >= 15 is 0 Å². The molecule has 0 aliphatic heterocycles. The minimum atomic E-state index is -0.216. The third-order valence-electron chi connectivity index (χ3n) is 4.32. The number of halogens is 1. The van der Waals surface area contributed by atoms with Crippen molar-refractivity contribution in [3.8, 4) is 5.69 Å². The van der Waals surface area contributed by atoms with Gasteiger partial charge in [0.2, 0.25) is 0 Å². The number of nitrogens with one attached hydrogen (secondary N) is 2. The van der Waals surface area contributed by atoms with Crippen LogP contribution in [-0.2, 0) is 0 Å². The second-order valence-corrected chi connectivity index (χ2v) is 7.13. The van der Waals surface area contributed by atoms with E-state index in [4.69, 9.17) is 0 Å². The van der Waals surface area contributed by atoms with Gasteiger partial charge in [-0.3, -0.25) is 9.59 Å². The van der Waals surface area contributed by atoms with Gasteiger partial charge in [-0.25, -0.2) is 4.68 Å².